The molecule has 2 rings (SSSR count). The van der Waals surface area contributed by atoms with Crippen molar-refractivity contribution in [2.24, 2.45) is 22.9 Å². The van der Waals surface area contributed by atoms with E-state index in [2.05, 4.69) is 103 Å². The van der Waals surface area contributed by atoms with Gasteiger partial charge in [-0.25, -0.2) is 0 Å². The summed E-state index contributed by atoms with van der Waals surface area (Å²) in [6.45, 7) is 25.6. The minimum Gasteiger partial charge on any atom is -0.330 e. The molecular formula is C48H98N14. The van der Waals surface area contributed by atoms with Crippen molar-refractivity contribution in [2.45, 2.75) is 110 Å². The maximum atomic E-state index is 5.54. The molecule has 0 aliphatic carbocycles. The standard InChI is InChI=1S/C28H58N8.C20H40N6/c1-2-3-11-31-14-6-17-34-23-26-20-27(24-35-18-7-15-32-12-4-9-29)22-28(21-26)25-36-19-8-16-33-13-5-10-30;21-8-2-10-23-12-4-14-25-17-19-6-1-7-20(16-19)18-26-15-5-13-24-11-3-9-22/h20-22,31-36H,2-19,23-25,29-30H2,1H3;1,6-7,16,23-26H,2-5,8-15,17-18,21-22H2. The molecule has 62 heavy (non-hydrogen) atoms. The van der Waals surface area contributed by atoms with E-state index >= 15 is 0 Å². The summed E-state index contributed by atoms with van der Waals surface area (Å²) in [5, 5.41) is 35.1. The molecule has 2 aromatic carbocycles. The lowest BCUT2D eigenvalue weighted by Gasteiger charge is -2.13. The Morgan fingerprint density at radius 1 is 0.290 bits per heavy atom. The van der Waals surface area contributed by atoms with Crippen molar-refractivity contribution in [3.05, 3.63) is 70.3 Å². The molecule has 14 heteroatoms. The van der Waals surface area contributed by atoms with E-state index in [1.54, 1.807) is 0 Å². The van der Waals surface area contributed by atoms with E-state index in [9.17, 15) is 0 Å². The average molecular weight is 871 g/mol. The fourth-order valence-electron chi connectivity index (χ4n) is 6.69. The first kappa shape index (κ1) is 57.9. The fraction of sp³-hybridized carbons (Fsp3) is 0.750. The van der Waals surface area contributed by atoms with Gasteiger partial charge in [-0.1, -0.05) is 55.8 Å². The van der Waals surface area contributed by atoms with E-state index in [4.69, 9.17) is 22.9 Å². The van der Waals surface area contributed by atoms with Gasteiger partial charge in [0.1, 0.15) is 0 Å². The Morgan fingerprint density at radius 2 is 0.516 bits per heavy atom. The van der Waals surface area contributed by atoms with E-state index in [0.29, 0.717) is 0 Å². The molecule has 360 valence electrons. The second kappa shape index (κ2) is 46.9. The zero-order chi connectivity index (χ0) is 44.7. The van der Waals surface area contributed by atoms with Crippen molar-refractivity contribution >= 4 is 0 Å². The Labute approximate surface area is 379 Å². The van der Waals surface area contributed by atoms with Crippen LogP contribution in [0.1, 0.15) is 105 Å². The largest absolute Gasteiger partial charge is 0.330 e. The molecule has 14 nitrogen and oxygen atoms in total. The van der Waals surface area contributed by atoms with Gasteiger partial charge in [-0.05, 0) is 216 Å². The van der Waals surface area contributed by atoms with E-state index in [0.717, 1.165) is 215 Å². The Balaban J connectivity index is 0.000000653. The molecule has 0 unspecified atom stereocenters. The molecule has 0 aliphatic heterocycles. The van der Waals surface area contributed by atoms with E-state index in [-0.39, 0.29) is 0 Å². The van der Waals surface area contributed by atoms with Gasteiger partial charge in [0, 0.05) is 32.7 Å². The number of nitrogens with one attached hydrogen (secondary N) is 10. The summed E-state index contributed by atoms with van der Waals surface area (Å²) in [4.78, 5) is 0. The van der Waals surface area contributed by atoms with Gasteiger partial charge < -0.3 is 76.1 Å². The van der Waals surface area contributed by atoms with Crippen LogP contribution in [0.4, 0.5) is 0 Å². The summed E-state index contributed by atoms with van der Waals surface area (Å²) in [6.07, 6.45) is 12.4. The molecule has 0 spiro atoms. The molecule has 0 amide bonds. The van der Waals surface area contributed by atoms with Crippen LogP contribution < -0.4 is 76.1 Å². The maximum absolute atomic E-state index is 5.54. The lowest BCUT2D eigenvalue weighted by Crippen LogP contribution is -2.24. The first-order chi connectivity index (χ1) is 30.7. The van der Waals surface area contributed by atoms with Gasteiger partial charge in [0.05, 0.1) is 0 Å². The van der Waals surface area contributed by atoms with Crippen molar-refractivity contribution < 1.29 is 0 Å². The molecule has 0 aromatic heterocycles. The quantitative estimate of drug-likeness (QED) is 0.0428. The molecule has 0 aliphatic rings. The Kier molecular flexibility index (Phi) is 43.8. The molecule has 0 fully saturated rings. The molecule has 0 bridgehead atoms. The number of hydrogen-bond acceptors (Lipinski definition) is 14. The number of unbranched alkanes of at least 4 members (excludes halogenated alkanes) is 1. The molecule has 18 N–H and O–H groups in total. The predicted octanol–water partition coefficient (Wildman–Crippen LogP) is 1.91. The number of hydrogen-bond donors (Lipinski definition) is 14. The minimum absolute atomic E-state index is 0.759. The maximum Gasteiger partial charge on any atom is 0.0205 e. The third-order valence-corrected chi connectivity index (χ3v) is 10.2. The molecule has 0 saturated carbocycles. The van der Waals surface area contributed by atoms with Crippen LogP contribution in [0.3, 0.4) is 0 Å². The van der Waals surface area contributed by atoms with Crippen molar-refractivity contribution in [3.63, 3.8) is 0 Å². The van der Waals surface area contributed by atoms with Gasteiger partial charge in [0.25, 0.3) is 0 Å². The average Bonchev–Trinajstić information content (AvgIpc) is 3.28. The van der Waals surface area contributed by atoms with Crippen LogP contribution in [-0.2, 0) is 32.7 Å². The summed E-state index contributed by atoms with van der Waals surface area (Å²) in [5.74, 6) is 0. The normalized spacial score (nSPS) is 11.3. The second-order valence-electron chi connectivity index (χ2n) is 16.3. The van der Waals surface area contributed by atoms with E-state index in [1.165, 1.54) is 40.7 Å². The van der Waals surface area contributed by atoms with Gasteiger partial charge in [0.2, 0.25) is 0 Å². The van der Waals surface area contributed by atoms with Crippen LogP contribution in [0.5, 0.6) is 0 Å². The highest BCUT2D eigenvalue weighted by molar-refractivity contribution is 5.30. The highest BCUT2D eigenvalue weighted by atomic mass is 14.9. The first-order valence-corrected chi connectivity index (χ1v) is 24.7. The van der Waals surface area contributed by atoms with Crippen molar-refractivity contribution in [1.29, 1.82) is 0 Å². The Morgan fingerprint density at radius 3 is 0.790 bits per heavy atom. The van der Waals surface area contributed by atoms with Crippen LogP contribution in [-0.4, -0.2) is 124 Å². The van der Waals surface area contributed by atoms with Crippen LogP contribution in [0.2, 0.25) is 0 Å². The predicted molar refractivity (Wildman–Crippen MR) is 268 cm³/mol. The van der Waals surface area contributed by atoms with Crippen LogP contribution in [0, 0.1) is 0 Å². The molecule has 0 saturated heterocycles. The zero-order valence-corrected chi connectivity index (χ0v) is 39.6. The molecule has 2 aromatic rings. The highest BCUT2D eigenvalue weighted by Crippen LogP contribution is 2.11. The third-order valence-electron chi connectivity index (χ3n) is 10.2. The topological polar surface area (TPSA) is 224 Å². The van der Waals surface area contributed by atoms with Crippen molar-refractivity contribution in [1.82, 2.24) is 53.2 Å². The third kappa shape index (κ3) is 38.3. The molecule has 0 radical (unpaired) electrons. The molecular weight excluding hydrogens is 773 g/mol. The van der Waals surface area contributed by atoms with Gasteiger partial charge in [-0.3, -0.25) is 0 Å². The van der Waals surface area contributed by atoms with Crippen molar-refractivity contribution in [2.75, 3.05) is 124 Å². The second-order valence-corrected chi connectivity index (χ2v) is 16.3. The van der Waals surface area contributed by atoms with E-state index < -0.39 is 0 Å². The Hall–Kier alpha value is -2.12. The monoisotopic (exact) mass is 871 g/mol. The summed E-state index contributed by atoms with van der Waals surface area (Å²) in [6, 6.07) is 15.9. The van der Waals surface area contributed by atoms with Crippen molar-refractivity contribution in [3.8, 4) is 0 Å². The van der Waals surface area contributed by atoms with Crippen LogP contribution in [0.25, 0.3) is 0 Å². The minimum atomic E-state index is 0.759. The summed E-state index contributed by atoms with van der Waals surface area (Å²) in [7, 11) is 0. The molecule has 0 atom stereocenters. The fourth-order valence-corrected chi connectivity index (χ4v) is 6.69. The van der Waals surface area contributed by atoms with Gasteiger partial charge in [-0.2, -0.15) is 0 Å². The van der Waals surface area contributed by atoms with Gasteiger partial charge in [-0.15, -0.1) is 0 Å². The SMILES string of the molecule is CCCCNCCCNCc1cc(CNCCCNCCCN)cc(CNCCCNCCCN)c1.NCCCNCCCNCc1cccc(CNCCCNCCCN)c1. The number of nitrogens with two attached hydrogens (primary N) is 4. The summed E-state index contributed by atoms with van der Waals surface area (Å²) in [5.41, 5.74) is 28.8. The highest BCUT2D eigenvalue weighted by Gasteiger charge is 2.04. The summed E-state index contributed by atoms with van der Waals surface area (Å²) < 4.78 is 0. The Bertz CT molecular complexity index is 1080. The number of rotatable bonds is 45. The van der Waals surface area contributed by atoms with Crippen LogP contribution in [0.15, 0.2) is 42.5 Å². The van der Waals surface area contributed by atoms with Gasteiger partial charge >= 0.3 is 0 Å². The lowest BCUT2D eigenvalue weighted by molar-refractivity contribution is 0.577. The number of benzene rings is 2. The van der Waals surface area contributed by atoms with E-state index in [1.807, 2.05) is 0 Å². The zero-order valence-electron chi connectivity index (χ0n) is 39.6. The lowest BCUT2D eigenvalue weighted by atomic mass is 10.0. The smallest absolute Gasteiger partial charge is 0.0205 e. The van der Waals surface area contributed by atoms with Crippen LogP contribution >= 0.6 is 0 Å². The first-order valence-electron chi connectivity index (χ1n) is 24.7. The van der Waals surface area contributed by atoms with Gasteiger partial charge in [0.15, 0.2) is 0 Å². The molecule has 0 heterocycles. The summed E-state index contributed by atoms with van der Waals surface area (Å²) >= 11 is 0.